The van der Waals surface area contributed by atoms with Gasteiger partial charge in [0.1, 0.15) is 5.58 Å². The Bertz CT molecular complexity index is 2200. The summed E-state index contributed by atoms with van der Waals surface area (Å²) in [5.41, 5.74) is 13.2. The zero-order valence-electron chi connectivity index (χ0n) is 25.2. The van der Waals surface area contributed by atoms with E-state index >= 15 is 0 Å². The van der Waals surface area contributed by atoms with Crippen molar-refractivity contribution in [2.75, 3.05) is 0 Å². The van der Waals surface area contributed by atoms with Crippen LogP contribution in [0.1, 0.15) is 61.6 Å². The summed E-state index contributed by atoms with van der Waals surface area (Å²) < 4.78 is 9.10. The molecule has 2 aliphatic rings. The molecule has 0 fully saturated rings. The Hall–Kier alpha value is -4.82. The van der Waals surface area contributed by atoms with Crippen LogP contribution < -0.4 is 0 Å². The molecule has 0 saturated heterocycles. The van der Waals surface area contributed by atoms with E-state index in [-0.39, 0.29) is 11.3 Å². The van der Waals surface area contributed by atoms with E-state index in [0.29, 0.717) is 5.92 Å². The largest absolute Gasteiger partial charge is 0.454 e. The van der Waals surface area contributed by atoms with Crippen LogP contribution >= 0.6 is 0 Å². The van der Waals surface area contributed by atoms with Gasteiger partial charge < -0.3 is 8.98 Å². The summed E-state index contributed by atoms with van der Waals surface area (Å²) in [4.78, 5) is 0. The van der Waals surface area contributed by atoms with E-state index < -0.39 is 0 Å². The minimum Gasteiger partial charge on any atom is -0.454 e. The molecule has 2 aromatic heterocycles. The molecule has 0 bridgehead atoms. The SMILES string of the molecule is C=Cc1c(/C=C\C)n(-c2ccccc2)c2c1c(C1C=C3C(=CC1C)c1ccccc1C3(C)C)cc1c3ccccc3oc12. The number of rotatable bonds is 4. The number of hydrogen-bond donors (Lipinski definition) is 0. The van der Waals surface area contributed by atoms with Crippen molar-refractivity contribution in [3.05, 3.63) is 143 Å². The molecule has 8 rings (SSSR count). The van der Waals surface area contributed by atoms with E-state index in [0.717, 1.165) is 44.4 Å². The lowest BCUT2D eigenvalue weighted by molar-refractivity contribution is 0.603. The Labute approximate surface area is 253 Å². The molecule has 2 unspecified atom stereocenters. The van der Waals surface area contributed by atoms with Gasteiger partial charge in [0.15, 0.2) is 5.58 Å². The zero-order chi connectivity index (χ0) is 29.5. The predicted molar refractivity (Wildman–Crippen MR) is 183 cm³/mol. The molecule has 2 nitrogen and oxygen atoms in total. The average molecular weight is 558 g/mol. The maximum Gasteiger partial charge on any atom is 0.160 e. The first kappa shape index (κ1) is 25.9. The molecule has 2 aliphatic carbocycles. The molecule has 2 heteroatoms. The smallest absolute Gasteiger partial charge is 0.160 e. The Balaban J connectivity index is 1.52. The van der Waals surface area contributed by atoms with Crippen LogP contribution in [-0.4, -0.2) is 4.57 Å². The van der Waals surface area contributed by atoms with Crippen molar-refractivity contribution in [3.63, 3.8) is 0 Å². The van der Waals surface area contributed by atoms with Gasteiger partial charge in [0.05, 0.1) is 11.2 Å². The number of allylic oxidation sites excluding steroid dienone is 5. The normalized spacial score (nSPS) is 19.2. The number of para-hydroxylation sites is 2. The third-order valence-corrected chi connectivity index (χ3v) is 9.78. The van der Waals surface area contributed by atoms with E-state index in [4.69, 9.17) is 4.42 Å². The van der Waals surface area contributed by atoms with Gasteiger partial charge in [0.2, 0.25) is 0 Å². The lowest BCUT2D eigenvalue weighted by Crippen LogP contribution is -2.19. The number of hydrogen-bond acceptors (Lipinski definition) is 1. The van der Waals surface area contributed by atoms with Crippen LogP contribution in [0.3, 0.4) is 0 Å². The third-order valence-electron chi connectivity index (χ3n) is 9.78. The maximum atomic E-state index is 6.73. The summed E-state index contributed by atoms with van der Waals surface area (Å²) in [7, 11) is 0. The van der Waals surface area contributed by atoms with Crippen LogP contribution in [0.2, 0.25) is 0 Å². The monoisotopic (exact) mass is 557 g/mol. The topological polar surface area (TPSA) is 18.1 Å². The number of aromatic nitrogens is 1. The van der Waals surface area contributed by atoms with Crippen molar-refractivity contribution in [2.45, 2.75) is 39.0 Å². The van der Waals surface area contributed by atoms with Gasteiger partial charge in [-0.3, -0.25) is 0 Å². The van der Waals surface area contributed by atoms with Crippen molar-refractivity contribution < 1.29 is 4.42 Å². The highest BCUT2D eigenvalue weighted by molar-refractivity contribution is 6.18. The third kappa shape index (κ3) is 3.53. The number of furan rings is 1. The van der Waals surface area contributed by atoms with Crippen LogP contribution in [-0.2, 0) is 5.41 Å². The molecule has 4 aromatic carbocycles. The molecule has 0 radical (unpaired) electrons. The van der Waals surface area contributed by atoms with Crippen LogP contribution in [0.15, 0.2) is 120 Å². The second kappa shape index (κ2) is 9.34. The van der Waals surface area contributed by atoms with Crippen molar-refractivity contribution >= 4 is 50.6 Å². The molecule has 2 atom stereocenters. The van der Waals surface area contributed by atoms with Gasteiger partial charge in [-0.25, -0.2) is 0 Å². The molecule has 210 valence electrons. The lowest BCUT2D eigenvalue weighted by atomic mass is 9.73. The van der Waals surface area contributed by atoms with Gasteiger partial charge >= 0.3 is 0 Å². The highest BCUT2D eigenvalue weighted by Gasteiger charge is 2.41. The average Bonchev–Trinajstić information content (AvgIpc) is 3.63. The van der Waals surface area contributed by atoms with Crippen LogP contribution in [0, 0.1) is 5.92 Å². The van der Waals surface area contributed by atoms with E-state index in [1.165, 1.54) is 33.2 Å². The highest BCUT2D eigenvalue weighted by Crippen LogP contribution is 2.55. The molecule has 0 aliphatic heterocycles. The Morgan fingerprint density at radius 2 is 1.63 bits per heavy atom. The van der Waals surface area contributed by atoms with Crippen molar-refractivity contribution in [3.8, 4) is 5.69 Å². The minimum atomic E-state index is -0.0558. The van der Waals surface area contributed by atoms with E-state index in [9.17, 15) is 0 Å². The molecule has 0 N–H and O–H groups in total. The first-order chi connectivity index (χ1) is 20.9. The quantitative estimate of drug-likeness (QED) is 0.211. The predicted octanol–water partition coefficient (Wildman–Crippen LogP) is 11.2. The fourth-order valence-electron chi connectivity index (χ4n) is 7.80. The molecule has 0 saturated carbocycles. The standard InChI is InChI=1S/C41H35NO/c1-6-15-36-27(7-2)38-32(30-24-35-31(22-25(30)3)28-18-11-13-20-34(28)41(35,4)5)23-33-29-19-12-14-21-37(29)43-40(33)39(38)42(36)26-16-9-8-10-17-26/h6-25,30H,2H2,1,3-5H3/b15-6-. The number of nitrogens with zero attached hydrogens (tertiary/aromatic N) is 1. The van der Waals surface area contributed by atoms with E-state index in [2.05, 4.69) is 148 Å². The number of benzene rings is 4. The molecular weight excluding hydrogens is 522 g/mol. The fraction of sp³-hybridized carbons (Fsp3) is 0.171. The summed E-state index contributed by atoms with van der Waals surface area (Å²) in [6.45, 7) is 13.6. The molecular formula is C41H35NO. The summed E-state index contributed by atoms with van der Waals surface area (Å²) in [5.74, 6) is 0.499. The van der Waals surface area contributed by atoms with Gasteiger partial charge in [-0.1, -0.05) is 112 Å². The first-order valence-electron chi connectivity index (χ1n) is 15.3. The molecule has 2 heterocycles. The summed E-state index contributed by atoms with van der Waals surface area (Å²) >= 11 is 0. The number of fused-ring (bicyclic) bond motifs is 8. The van der Waals surface area contributed by atoms with Gasteiger partial charge in [-0.05, 0) is 71.0 Å². The van der Waals surface area contributed by atoms with Gasteiger partial charge in [0, 0.05) is 38.7 Å². The van der Waals surface area contributed by atoms with Crippen LogP contribution in [0.5, 0.6) is 0 Å². The van der Waals surface area contributed by atoms with Crippen LogP contribution in [0.25, 0.3) is 56.3 Å². The highest BCUT2D eigenvalue weighted by atomic mass is 16.3. The maximum absolute atomic E-state index is 6.73. The fourth-order valence-corrected chi connectivity index (χ4v) is 7.80. The van der Waals surface area contributed by atoms with Gasteiger partial charge in [-0.2, -0.15) is 0 Å². The van der Waals surface area contributed by atoms with Crippen molar-refractivity contribution in [2.24, 2.45) is 5.92 Å². The summed E-state index contributed by atoms with van der Waals surface area (Å²) in [5, 5.41) is 3.53. The van der Waals surface area contributed by atoms with Crippen molar-refractivity contribution in [1.82, 2.24) is 4.57 Å². The van der Waals surface area contributed by atoms with E-state index in [1.807, 2.05) is 6.08 Å². The zero-order valence-corrected chi connectivity index (χ0v) is 25.2. The van der Waals surface area contributed by atoms with Gasteiger partial charge in [0.25, 0.3) is 0 Å². The second-order valence-electron chi connectivity index (χ2n) is 12.6. The molecule has 0 spiro atoms. The Morgan fingerprint density at radius 3 is 2.42 bits per heavy atom. The van der Waals surface area contributed by atoms with Crippen molar-refractivity contribution in [1.29, 1.82) is 0 Å². The molecule has 6 aromatic rings. The van der Waals surface area contributed by atoms with E-state index in [1.54, 1.807) is 0 Å². The lowest BCUT2D eigenvalue weighted by Gasteiger charge is -2.30. The summed E-state index contributed by atoms with van der Waals surface area (Å²) in [6.07, 6.45) is 11.5. The van der Waals surface area contributed by atoms with Gasteiger partial charge in [-0.15, -0.1) is 0 Å². The minimum absolute atomic E-state index is 0.0558. The molecule has 43 heavy (non-hydrogen) atoms. The summed E-state index contributed by atoms with van der Waals surface area (Å²) in [6, 6.07) is 30.4. The molecule has 0 amide bonds. The Kier molecular flexibility index (Phi) is 5.62. The first-order valence-corrected chi connectivity index (χ1v) is 15.3. The Morgan fingerprint density at radius 1 is 0.884 bits per heavy atom. The second-order valence-corrected chi connectivity index (χ2v) is 12.6. The van der Waals surface area contributed by atoms with Crippen LogP contribution in [0.4, 0.5) is 0 Å².